The topological polar surface area (TPSA) is 72.2 Å². The lowest BCUT2D eigenvalue weighted by atomic mass is 9.99. The largest absolute Gasteiger partial charge is 0.480 e. The molecule has 0 unspecified atom stereocenters. The number of aliphatic carboxylic acids is 1. The predicted octanol–water partition coefficient (Wildman–Crippen LogP) is 4.63. The molecule has 3 aromatic rings. The summed E-state index contributed by atoms with van der Waals surface area (Å²) in [5.74, 6) is -0.136. The molecule has 6 heteroatoms. The molecule has 0 aliphatic heterocycles. The first-order chi connectivity index (χ1) is 12.7. The zero-order valence-electron chi connectivity index (χ0n) is 16.2. The number of carboxylic acids is 1. The van der Waals surface area contributed by atoms with E-state index in [-0.39, 0.29) is 5.56 Å². The number of aromatic nitrogens is 2. The average molecular weight is 385 g/mol. The van der Waals surface area contributed by atoms with Crippen LogP contribution in [-0.4, -0.2) is 20.6 Å². The number of carbonyl (C=O) groups is 1. The van der Waals surface area contributed by atoms with Gasteiger partial charge in [-0.05, 0) is 30.9 Å². The van der Waals surface area contributed by atoms with Crippen molar-refractivity contribution in [2.75, 3.05) is 0 Å². The van der Waals surface area contributed by atoms with E-state index in [1.165, 1.54) is 35.3 Å². The lowest BCUT2D eigenvalue weighted by Gasteiger charge is -2.25. The van der Waals surface area contributed by atoms with Crippen LogP contribution in [0.4, 0.5) is 0 Å². The molecule has 5 nitrogen and oxygen atoms in total. The van der Waals surface area contributed by atoms with E-state index in [4.69, 9.17) is 0 Å². The minimum atomic E-state index is -1.37. The van der Waals surface area contributed by atoms with E-state index >= 15 is 0 Å². The maximum absolute atomic E-state index is 13.4. The summed E-state index contributed by atoms with van der Waals surface area (Å²) in [6, 6.07) is 8.15. The van der Waals surface area contributed by atoms with E-state index in [1.807, 2.05) is 24.4 Å². The molecule has 142 valence electrons. The van der Waals surface area contributed by atoms with Gasteiger partial charge in [0.1, 0.15) is 16.2 Å². The van der Waals surface area contributed by atoms with Gasteiger partial charge in [0.25, 0.3) is 5.56 Å². The Balaban J connectivity index is 2.29. The Bertz CT molecular complexity index is 1060. The van der Waals surface area contributed by atoms with E-state index in [0.717, 1.165) is 11.1 Å². The number of rotatable bonds is 5. The maximum atomic E-state index is 13.4. The molecule has 0 spiro atoms. The number of nitrogens with zero attached hydrogens (tertiary/aromatic N) is 2. The minimum Gasteiger partial charge on any atom is -0.480 e. The summed E-state index contributed by atoms with van der Waals surface area (Å²) >= 11 is 1.42. The first-order valence-corrected chi connectivity index (χ1v) is 9.93. The molecule has 0 atom stereocenters. The van der Waals surface area contributed by atoms with E-state index in [9.17, 15) is 14.7 Å². The van der Waals surface area contributed by atoms with E-state index in [0.29, 0.717) is 28.4 Å². The quantitative estimate of drug-likeness (QED) is 0.696. The normalized spacial score (nSPS) is 12.1. The number of carboxylic acid groups (broad SMARTS) is 1. The fourth-order valence-corrected chi connectivity index (χ4v) is 4.16. The van der Waals surface area contributed by atoms with Gasteiger partial charge in [-0.3, -0.25) is 9.36 Å². The number of hydrogen-bond acceptors (Lipinski definition) is 4. The number of aryl methyl sites for hydroxylation is 1. The molecule has 0 bridgehead atoms. The molecule has 0 aliphatic carbocycles. The van der Waals surface area contributed by atoms with Crippen molar-refractivity contribution in [3.63, 3.8) is 0 Å². The summed E-state index contributed by atoms with van der Waals surface area (Å²) < 4.78 is 1.33. The lowest BCUT2D eigenvalue weighted by molar-refractivity contribution is -0.146. The van der Waals surface area contributed by atoms with Gasteiger partial charge in [0.15, 0.2) is 0 Å². The highest BCUT2D eigenvalue weighted by Crippen LogP contribution is 2.32. The fourth-order valence-electron chi connectivity index (χ4n) is 3.20. The van der Waals surface area contributed by atoms with Gasteiger partial charge in [0.2, 0.25) is 0 Å². The van der Waals surface area contributed by atoms with Crippen molar-refractivity contribution in [2.24, 2.45) is 0 Å². The lowest BCUT2D eigenvalue weighted by Crippen LogP contribution is -2.44. The smallest absolute Gasteiger partial charge is 0.329 e. The Kier molecular flexibility index (Phi) is 4.95. The van der Waals surface area contributed by atoms with Crippen LogP contribution >= 0.6 is 11.3 Å². The van der Waals surface area contributed by atoms with Gasteiger partial charge in [-0.1, -0.05) is 45.0 Å². The Hall–Kier alpha value is -2.47. The molecule has 27 heavy (non-hydrogen) atoms. The zero-order valence-corrected chi connectivity index (χ0v) is 17.1. The second-order valence-corrected chi connectivity index (χ2v) is 8.35. The second-order valence-electron chi connectivity index (χ2n) is 7.49. The van der Waals surface area contributed by atoms with Crippen molar-refractivity contribution in [2.45, 2.75) is 52.5 Å². The Labute approximate surface area is 162 Å². The van der Waals surface area contributed by atoms with Crippen LogP contribution < -0.4 is 5.56 Å². The van der Waals surface area contributed by atoms with Gasteiger partial charge >= 0.3 is 5.97 Å². The van der Waals surface area contributed by atoms with Gasteiger partial charge < -0.3 is 5.11 Å². The maximum Gasteiger partial charge on any atom is 0.329 e. The predicted molar refractivity (Wildman–Crippen MR) is 110 cm³/mol. The summed E-state index contributed by atoms with van der Waals surface area (Å²) in [6.45, 7) is 9.22. The minimum absolute atomic E-state index is 0.298. The zero-order chi connectivity index (χ0) is 19.9. The number of hydrogen-bond donors (Lipinski definition) is 1. The average Bonchev–Trinajstić information content (AvgIpc) is 3.05. The third-order valence-electron chi connectivity index (χ3n) is 4.96. The van der Waals surface area contributed by atoms with Crippen LogP contribution in [0.25, 0.3) is 21.3 Å². The molecule has 2 heterocycles. The molecule has 0 saturated heterocycles. The van der Waals surface area contributed by atoms with Crippen LogP contribution in [0.2, 0.25) is 0 Å². The van der Waals surface area contributed by atoms with E-state index < -0.39 is 11.5 Å². The molecule has 2 aromatic heterocycles. The highest BCUT2D eigenvalue weighted by atomic mass is 32.1. The second kappa shape index (κ2) is 6.93. The van der Waals surface area contributed by atoms with Gasteiger partial charge in [-0.2, -0.15) is 0 Å². The molecule has 0 fully saturated rings. The third kappa shape index (κ3) is 3.18. The summed E-state index contributed by atoms with van der Waals surface area (Å²) in [6.07, 6.45) is 0.484. The van der Waals surface area contributed by atoms with Crippen molar-refractivity contribution in [1.82, 2.24) is 9.55 Å². The van der Waals surface area contributed by atoms with Crippen LogP contribution in [0.5, 0.6) is 0 Å². The molecular formula is C21H24N2O3S. The fraction of sp³-hybridized carbons (Fsp3) is 0.381. The highest BCUT2D eigenvalue weighted by Gasteiger charge is 2.34. The van der Waals surface area contributed by atoms with Crippen molar-refractivity contribution >= 4 is 27.5 Å². The van der Waals surface area contributed by atoms with Crippen LogP contribution in [-0.2, 0) is 16.8 Å². The van der Waals surface area contributed by atoms with Crippen molar-refractivity contribution in [3.8, 4) is 11.1 Å². The summed E-state index contributed by atoms with van der Waals surface area (Å²) in [5, 5.41) is 12.1. The van der Waals surface area contributed by atoms with Gasteiger partial charge in [-0.25, -0.2) is 9.78 Å². The van der Waals surface area contributed by atoms with Crippen molar-refractivity contribution in [3.05, 3.63) is 51.4 Å². The molecular weight excluding hydrogens is 360 g/mol. The number of thiophene rings is 1. The standard InChI is InChI=1S/C21H24N2O3S/c1-6-16-22-18-17(19(24)23(16)21(4,5)20(25)26)15(11-27-18)14-9-7-13(8-10-14)12(2)3/h7-12H,6H2,1-5H3,(H,25,26). The van der Waals surface area contributed by atoms with Crippen LogP contribution in [0.15, 0.2) is 34.4 Å². The Morgan fingerprint density at radius 2 is 1.89 bits per heavy atom. The summed E-state index contributed by atoms with van der Waals surface area (Å²) in [4.78, 5) is 30.4. The Morgan fingerprint density at radius 1 is 1.26 bits per heavy atom. The molecule has 0 radical (unpaired) electrons. The summed E-state index contributed by atoms with van der Waals surface area (Å²) in [5.41, 5.74) is 1.31. The Morgan fingerprint density at radius 3 is 2.41 bits per heavy atom. The third-order valence-corrected chi connectivity index (χ3v) is 5.84. The van der Waals surface area contributed by atoms with E-state index in [2.05, 4.69) is 31.0 Å². The SMILES string of the molecule is CCc1nc2scc(-c3ccc(C(C)C)cc3)c2c(=O)n1C(C)(C)C(=O)O. The van der Waals surface area contributed by atoms with Crippen LogP contribution in [0, 0.1) is 0 Å². The van der Waals surface area contributed by atoms with Gasteiger partial charge in [0, 0.05) is 17.4 Å². The monoisotopic (exact) mass is 384 g/mol. The first kappa shape index (κ1) is 19.3. The molecule has 0 saturated carbocycles. The first-order valence-electron chi connectivity index (χ1n) is 9.05. The van der Waals surface area contributed by atoms with Crippen molar-refractivity contribution < 1.29 is 9.90 Å². The molecule has 3 rings (SSSR count). The molecule has 0 amide bonds. The van der Waals surface area contributed by atoms with E-state index in [1.54, 1.807) is 0 Å². The van der Waals surface area contributed by atoms with Gasteiger partial charge in [-0.15, -0.1) is 11.3 Å². The van der Waals surface area contributed by atoms with Crippen LogP contribution in [0.3, 0.4) is 0 Å². The molecule has 1 aromatic carbocycles. The summed E-state index contributed by atoms with van der Waals surface area (Å²) in [7, 11) is 0. The molecule has 1 N–H and O–H groups in total. The van der Waals surface area contributed by atoms with Crippen molar-refractivity contribution in [1.29, 1.82) is 0 Å². The highest BCUT2D eigenvalue weighted by molar-refractivity contribution is 7.17. The molecule has 0 aliphatic rings. The number of benzene rings is 1. The van der Waals surface area contributed by atoms with Crippen LogP contribution in [0.1, 0.15) is 51.9 Å². The van der Waals surface area contributed by atoms with Gasteiger partial charge in [0.05, 0.1) is 5.39 Å². The number of fused-ring (bicyclic) bond motifs is 1.